The first-order valence-electron chi connectivity index (χ1n) is 5.61. The maximum Gasteiger partial charge on any atom is 0.277 e. The number of H-pyrrole nitrogens is 1. The van der Waals surface area contributed by atoms with Crippen LogP contribution in [-0.4, -0.2) is 56.8 Å². The number of aliphatic hydroxyl groups is 3. The van der Waals surface area contributed by atoms with Crippen LogP contribution >= 0.6 is 0 Å². The lowest BCUT2D eigenvalue weighted by molar-refractivity contribution is 0.0374. The summed E-state index contributed by atoms with van der Waals surface area (Å²) in [5, 5.41) is 35.6. The Morgan fingerprint density at radius 2 is 1.79 bits per heavy atom. The van der Waals surface area contributed by atoms with Crippen molar-refractivity contribution in [2.24, 2.45) is 0 Å². The van der Waals surface area contributed by atoms with Crippen molar-refractivity contribution < 1.29 is 20.1 Å². The summed E-state index contributed by atoms with van der Waals surface area (Å²) in [5.41, 5.74) is -1.54. The number of hydrogen-bond donors (Lipinski definition) is 5. The van der Waals surface area contributed by atoms with Gasteiger partial charge in [-0.25, -0.2) is 5.10 Å². The van der Waals surface area contributed by atoms with Crippen LogP contribution in [0.2, 0.25) is 0 Å². The number of nitrogens with one attached hydrogen (secondary N) is 2. The molecule has 0 aromatic carbocycles. The average molecular weight is 271 g/mol. The van der Waals surface area contributed by atoms with Gasteiger partial charge in [-0.15, -0.1) is 0 Å². The molecule has 0 saturated carbocycles. The molecule has 0 fully saturated rings. The minimum atomic E-state index is -1.58. The predicted octanol–water partition coefficient (Wildman–Crippen LogP) is -2.17. The third-order valence-electron chi connectivity index (χ3n) is 2.98. The highest BCUT2D eigenvalue weighted by molar-refractivity contribution is 5.95. The van der Waals surface area contributed by atoms with E-state index in [2.05, 4.69) is 15.5 Å². The number of aromatic amines is 1. The Hall–Kier alpha value is -1.77. The van der Waals surface area contributed by atoms with Crippen molar-refractivity contribution in [3.63, 3.8) is 0 Å². The van der Waals surface area contributed by atoms with Crippen molar-refractivity contribution in [3.8, 4) is 0 Å². The molecule has 0 saturated heterocycles. The quantitative estimate of drug-likeness (QED) is 0.413. The molecular formula is C11H17N3O5. The lowest BCUT2D eigenvalue weighted by Gasteiger charge is -2.28. The second-order valence-electron chi connectivity index (χ2n) is 4.35. The average Bonchev–Trinajstić information content (AvgIpc) is 2.41. The van der Waals surface area contributed by atoms with E-state index in [0.717, 1.165) is 0 Å². The van der Waals surface area contributed by atoms with Crippen LogP contribution in [0.25, 0.3) is 0 Å². The van der Waals surface area contributed by atoms with E-state index in [0.29, 0.717) is 11.3 Å². The number of amides is 1. The van der Waals surface area contributed by atoms with Gasteiger partial charge in [0.15, 0.2) is 0 Å². The van der Waals surface area contributed by atoms with E-state index < -0.39 is 36.8 Å². The number of nitrogens with zero attached hydrogens (tertiary/aromatic N) is 1. The lowest BCUT2D eigenvalue weighted by Crippen LogP contribution is -2.57. The summed E-state index contributed by atoms with van der Waals surface area (Å²) in [6, 6.07) is 0. The zero-order valence-corrected chi connectivity index (χ0v) is 10.7. The molecule has 1 amide bonds. The van der Waals surface area contributed by atoms with Gasteiger partial charge in [-0.2, -0.15) is 5.10 Å². The SMILES string of the molecule is Cc1n[nH]c(=O)c(C(=O)NC(CO)(CO)CO)c1C. The summed E-state index contributed by atoms with van der Waals surface area (Å²) >= 11 is 0. The van der Waals surface area contributed by atoms with Crippen LogP contribution in [0, 0.1) is 13.8 Å². The molecule has 0 aliphatic rings. The summed E-state index contributed by atoms with van der Waals surface area (Å²) in [4.78, 5) is 23.7. The number of aryl methyl sites for hydroxylation is 1. The van der Waals surface area contributed by atoms with Gasteiger partial charge in [0.1, 0.15) is 11.1 Å². The van der Waals surface area contributed by atoms with Crippen molar-refractivity contribution in [1.29, 1.82) is 0 Å². The second kappa shape index (κ2) is 5.91. The maximum atomic E-state index is 12.0. The van der Waals surface area contributed by atoms with Gasteiger partial charge in [0, 0.05) is 0 Å². The monoisotopic (exact) mass is 271 g/mol. The largest absolute Gasteiger partial charge is 0.394 e. The zero-order valence-electron chi connectivity index (χ0n) is 10.7. The third-order valence-corrected chi connectivity index (χ3v) is 2.98. The van der Waals surface area contributed by atoms with Gasteiger partial charge in [-0.05, 0) is 19.4 Å². The number of hydrogen-bond acceptors (Lipinski definition) is 6. The molecule has 0 bridgehead atoms. The van der Waals surface area contributed by atoms with Crippen molar-refractivity contribution >= 4 is 5.91 Å². The van der Waals surface area contributed by atoms with Crippen LogP contribution in [0.1, 0.15) is 21.6 Å². The van der Waals surface area contributed by atoms with E-state index in [1.165, 1.54) is 0 Å². The Morgan fingerprint density at radius 1 is 1.26 bits per heavy atom. The molecule has 1 rings (SSSR count). The first-order chi connectivity index (χ1) is 8.90. The topological polar surface area (TPSA) is 136 Å². The van der Waals surface area contributed by atoms with E-state index in [4.69, 9.17) is 15.3 Å². The van der Waals surface area contributed by atoms with Crippen LogP contribution in [0.15, 0.2) is 4.79 Å². The predicted molar refractivity (Wildman–Crippen MR) is 65.8 cm³/mol. The highest BCUT2D eigenvalue weighted by atomic mass is 16.3. The molecule has 0 atom stereocenters. The second-order valence-corrected chi connectivity index (χ2v) is 4.35. The Labute approximate surface area is 109 Å². The first-order valence-corrected chi connectivity index (χ1v) is 5.61. The van der Waals surface area contributed by atoms with Crippen molar-refractivity contribution in [3.05, 3.63) is 27.2 Å². The van der Waals surface area contributed by atoms with Crippen LogP contribution in [-0.2, 0) is 0 Å². The third kappa shape index (κ3) is 2.98. The zero-order chi connectivity index (χ0) is 14.6. The molecule has 1 aromatic rings. The molecule has 0 aliphatic heterocycles. The number of aromatic nitrogens is 2. The molecule has 19 heavy (non-hydrogen) atoms. The number of carbonyl (C=O) groups excluding carboxylic acids is 1. The van der Waals surface area contributed by atoms with Crippen molar-refractivity contribution in [2.75, 3.05) is 19.8 Å². The fourth-order valence-electron chi connectivity index (χ4n) is 1.47. The normalized spacial score (nSPS) is 11.4. The van der Waals surface area contributed by atoms with E-state index in [9.17, 15) is 9.59 Å². The summed E-state index contributed by atoms with van der Waals surface area (Å²) < 4.78 is 0. The van der Waals surface area contributed by atoms with Crippen LogP contribution < -0.4 is 10.9 Å². The van der Waals surface area contributed by atoms with Gasteiger partial charge in [-0.1, -0.05) is 0 Å². The van der Waals surface area contributed by atoms with Gasteiger partial charge in [0.2, 0.25) is 0 Å². The summed E-state index contributed by atoms with van der Waals surface area (Å²) in [5.74, 6) is -0.790. The molecule has 0 radical (unpaired) electrons. The Morgan fingerprint density at radius 3 is 2.26 bits per heavy atom. The van der Waals surface area contributed by atoms with E-state index in [-0.39, 0.29) is 5.56 Å². The van der Waals surface area contributed by atoms with Gasteiger partial charge in [0.05, 0.1) is 25.5 Å². The van der Waals surface area contributed by atoms with Gasteiger partial charge < -0.3 is 20.6 Å². The highest BCUT2D eigenvalue weighted by Gasteiger charge is 2.31. The summed E-state index contributed by atoms with van der Waals surface area (Å²) in [6.45, 7) is 1.21. The van der Waals surface area contributed by atoms with Crippen LogP contribution in [0.3, 0.4) is 0 Å². The Balaban J connectivity index is 3.15. The smallest absolute Gasteiger partial charge is 0.277 e. The summed E-state index contributed by atoms with van der Waals surface area (Å²) in [7, 11) is 0. The molecule has 106 valence electrons. The molecular weight excluding hydrogens is 254 g/mol. The minimum Gasteiger partial charge on any atom is -0.394 e. The standard InChI is InChI=1S/C11H17N3O5/c1-6-7(2)13-14-10(19)8(6)9(18)12-11(3-15,4-16)5-17/h15-17H,3-5H2,1-2H3,(H,12,18)(H,14,19). The van der Waals surface area contributed by atoms with Gasteiger partial charge >= 0.3 is 0 Å². The Kier molecular flexibility index (Phi) is 4.76. The maximum absolute atomic E-state index is 12.0. The molecule has 0 aliphatic carbocycles. The van der Waals surface area contributed by atoms with Crippen molar-refractivity contribution in [2.45, 2.75) is 19.4 Å². The molecule has 0 unspecified atom stereocenters. The van der Waals surface area contributed by atoms with Crippen molar-refractivity contribution in [1.82, 2.24) is 15.5 Å². The fraction of sp³-hybridized carbons (Fsp3) is 0.545. The summed E-state index contributed by atoms with van der Waals surface area (Å²) in [6.07, 6.45) is 0. The highest BCUT2D eigenvalue weighted by Crippen LogP contribution is 2.08. The van der Waals surface area contributed by atoms with E-state index >= 15 is 0 Å². The number of rotatable bonds is 5. The molecule has 0 spiro atoms. The molecule has 5 N–H and O–H groups in total. The molecule has 8 heteroatoms. The van der Waals surface area contributed by atoms with Crippen LogP contribution in [0.5, 0.6) is 0 Å². The molecule has 1 aromatic heterocycles. The minimum absolute atomic E-state index is 0.160. The van der Waals surface area contributed by atoms with Gasteiger partial charge in [-0.3, -0.25) is 9.59 Å². The molecule has 1 heterocycles. The van der Waals surface area contributed by atoms with E-state index in [1.54, 1.807) is 13.8 Å². The lowest BCUT2D eigenvalue weighted by atomic mass is 10.0. The number of aliphatic hydroxyl groups excluding tert-OH is 3. The fourth-order valence-corrected chi connectivity index (χ4v) is 1.47. The first kappa shape index (κ1) is 15.3. The number of carbonyl (C=O) groups is 1. The Bertz CT molecular complexity index is 513. The van der Waals surface area contributed by atoms with E-state index in [1.807, 2.05) is 0 Å². The van der Waals surface area contributed by atoms with Crippen LogP contribution in [0.4, 0.5) is 0 Å². The van der Waals surface area contributed by atoms with Gasteiger partial charge in [0.25, 0.3) is 11.5 Å². The molecule has 8 nitrogen and oxygen atoms in total.